The van der Waals surface area contributed by atoms with Gasteiger partial charge in [-0.25, -0.2) is 9.18 Å². The van der Waals surface area contributed by atoms with E-state index in [1.54, 1.807) is 6.07 Å². The highest BCUT2D eigenvalue weighted by Crippen LogP contribution is 2.34. The number of carbonyl (C=O) groups excluding carboxylic acids is 2. The maximum absolute atomic E-state index is 14.3. The molecule has 1 heterocycles. The van der Waals surface area contributed by atoms with Gasteiger partial charge in [0.1, 0.15) is 5.82 Å². The molecule has 8 heteroatoms. The second-order valence-electron chi connectivity index (χ2n) is 7.95. The molecule has 0 aliphatic rings. The maximum Gasteiger partial charge on any atom is 0.312 e. The number of carbonyl (C=O) groups is 2. The van der Waals surface area contributed by atoms with Crippen molar-refractivity contribution in [2.45, 2.75) is 18.4 Å². The van der Waals surface area contributed by atoms with Crippen LogP contribution in [0.3, 0.4) is 0 Å². The highest BCUT2D eigenvalue weighted by atomic mass is 35.5. The summed E-state index contributed by atoms with van der Waals surface area (Å²) in [6, 6.07) is 19.6. The van der Waals surface area contributed by atoms with Crippen molar-refractivity contribution in [1.29, 1.82) is 0 Å². The molecule has 0 spiro atoms. The Kier molecular flexibility index (Phi) is 7.13. The van der Waals surface area contributed by atoms with Crippen LogP contribution in [0.4, 0.5) is 9.18 Å². The van der Waals surface area contributed by atoms with E-state index in [-0.39, 0.29) is 30.4 Å². The van der Waals surface area contributed by atoms with E-state index in [1.165, 1.54) is 18.2 Å². The largest absolute Gasteiger partial charge is 0.361 e. The van der Waals surface area contributed by atoms with Gasteiger partial charge in [0.15, 0.2) is 0 Å². The SMILES string of the molecule is NC(=O)NC(CC(=O)NCC(c1ccccc1Cl)c1c[nH]c2ccccc12)c1ccccc1F. The number of aromatic nitrogens is 1. The van der Waals surface area contributed by atoms with Gasteiger partial charge in [0.05, 0.1) is 12.5 Å². The van der Waals surface area contributed by atoms with Crippen LogP contribution in [0, 0.1) is 5.82 Å². The number of urea groups is 1. The van der Waals surface area contributed by atoms with E-state index in [1.807, 2.05) is 54.7 Å². The van der Waals surface area contributed by atoms with Gasteiger partial charge >= 0.3 is 6.03 Å². The van der Waals surface area contributed by atoms with Crippen LogP contribution in [0.5, 0.6) is 0 Å². The molecule has 2 unspecified atom stereocenters. The number of para-hydroxylation sites is 1. The first-order valence-electron chi connectivity index (χ1n) is 10.8. The zero-order valence-electron chi connectivity index (χ0n) is 18.2. The Balaban J connectivity index is 1.57. The minimum absolute atomic E-state index is 0.174. The van der Waals surface area contributed by atoms with Gasteiger partial charge in [-0.15, -0.1) is 0 Å². The zero-order valence-corrected chi connectivity index (χ0v) is 19.0. The third kappa shape index (κ3) is 5.21. The van der Waals surface area contributed by atoms with Crippen molar-refractivity contribution >= 4 is 34.4 Å². The molecular formula is C26H24ClFN4O2. The van der Waals surface area contributed by atoms with Crippen molar-refractivity contribution in [2.75, 3.05) is 6.54 Å². The van der Waals surface area contributed by atoms with Gasteiger partial charge in [0.2, 0.25) is 5.91 Å². The molecule has 3 amide bonds. The third-order valence-corrected chi connectivity index (χ3v) is 6.11. The summed E-state index contributed by atoms with van der Waals surface area (Å²) >= 11 is 6.52. The first-order chi connectivity index (χ1) is 16.4. The van der Waals surface area contributed by atoms with Crippen LogP contribution in [0.2, 0.25) is 5.02 Å². The highest BCUT2D eigenvalue weighted by molar-refractivity contribution is 6.31. The van der Waals surface area contributed by atoms with Crippen LogP contribution < -0.4 is 16.4 Å². The standard InChI is InChI=1S/C26H24ClFN4O2/c27-21-10-4-1-7-16(21)19(20-14-30-23-12-6-3-8-17(20)23)15-31-25(33)13-24(32-26(29)34)18-9-2-5-11-22(18)28/h1-12,14,19,24,30H,13,15H2,(H,31,33)(H3,29,32,34). The van der Waals surface area contributed by atoms with Crippen LogP contribution in [0.25, 0.3) is 10.9 Å². The molecule has 0 fully saturated rings. The van der Waals surface area contributed by atoms with Crippen molar-refractivity contribution in [3.63, 3.8) is 0 Å². The van der Waals surface area contributed by atoms with Gasteiger partial charge < -0.3 is 21.4 Å². The van der Waals surface area contributed by atoms with E-state index in [0.717, 1.165) is 22.0 Å². The topological polar surface area (TPSA) is 100 Å². The Hall–Kier alpha value is -3.84. The lowest BCUT2D eigenvalue weighted by Crippen LogP contribution is -2.38. The molecular weight excluding hydrogens is 455 g/mol. The molecule has 34 heavy (non-hydrogen) atoms. The van der Waals surface area contributed by atoms with E-state index < -0.39 is 17.9 Å². The van der Waals surface area contributed by atoms with E-state index in [0.29, 0.717) is 5.02 Å². The first-order valence-corrected chi connectivity index (χ1v) is 11.2. The smallest absolute Gasteiger partial charge is 0.312 e. The number of hydrogen-bond donors (Lipinski definition) is 4. The van der Waals surface area contributed by atoms with Crippen molar-refractivity contribution in [3.8, 4) is 0 Å². The lowest BCUT2D eigenvalue weighted by Gasteiger charge is -2.21. The van der Waals surface area contributed by atoms with Gasteiger partial charge in [-0.1, -0.05) is 66.2 Å². The molecule has 0 radical (unpaired) electrons. The maximum atomic E-state index is 14.3. The molecule has 174 valence electrons. The Morgan fingerprint density at radius 3 is 2.35 bits per heavy atom. The highest BCUT2D eigenvalue weighted by Gasteiger charge is 2.24. The quantitative estimate of drug-likeness (QED) is 0.286. The fourth-order valence-electron chi connectivity index (χ4n) is 4.17. The van der Waals surface area contributed by atoms with E-state index in [2.05, 4.69) is 15.6 Å². The second-order valence-corrected chi connectivity index (χ2v) is 8.36. The van der Waals surface area contributed by atoms with Crippen LogP contribution in [-0.2, 0) is 4.79 Å². The van der Waals surface area contributed by atoms with Gasteiger partial charge in [0.25, 0.3) is 0 Å². The minimum Gasteiger partial charge on any atom is -0.361 e. The van der Waals surface area contributed by atoms with Gasteiger partial charge in [-0.05, 0) is 29.3 Å². The Morgan fingerprint density at radius 1 is 0.941 bits per heavy atom. The van der Waals surface area contributed by atoms with Crippen LogP contribution >= 0.6 is 11.6 Å². The molecule has 0 saturated heterocycles. The number of aromatic amines is 1. The van der Waals surface area contributed by atoms with Gasteiger partial charge in [-0.2, -0.15) is 0 Å². The molecule has 6 nitrogen and oxygen atoms in total. The first kappa shape index (κ1) is 23.3. The van der Waals surface area contributed by atoms with Gasteiger partial charge in [-0.3, -0.25) is 4.79 Å². The zero-order chi connectivity index (χ0) is 24.1. The monoisotopic (exact) mass is 478 g/mol. The molecule has 5 N–H and O–H groups in total. The second kappa shape index (κ2) is 10.4. The van der Waals surface area contributed by atoms with E-state index in [4.69, 9.17) is 17.3 Å². The van der Waals surface area contributed by atoms with Crippen LogP contribution in [-0.4, -0.2) is 23.5 Å². The Labute approximate surface area is 201 Å². The molecule has 0 saturated carbocycles. The number of benzene rings is 3. The van der Waals surface area contributed by atoms with Crippen molar-refractivity contribution in [1.82, 2.24) is 15.6 Å². The summed E-state index contributed by atoms with van der Waals surface area (Å²) in [7, 11) is 0. The predicted octanol–water partition coefficient (Wildman–Crippen LogP) is 5.01. The fraction of sp³-hybridized carbons (Fsp3) is 0.154. The number of nitrogens with two attached hydrogens (primary N) is 1. The number of amides is 3. The van der Waals surface area contributed by atoms with Gasteiger partial charge in [0, 0.05) is 40.1 Å². The van der Waals surface area contributed by atoms with Crippen molar-refractivity contribution in [2.24, 2.45) is 5.73 Å². The number of fused-ring (bicyclic) bond motifs is 1. The summed E-state index contributed by atoms with van der Waals surface area (Å²) in [5, 5.41) is 7.01. The summed E-state index contributed by atoms with van der Waals surface area (Å²) in [5.41, 5.74) is 8.30. The minimum atomic E-state index is -0.898. The number of rotatable bonds is 8. The molecule has 4 aromatic rings. The number of halogens is 2. The number of hydrogen-bond acceptors (Lipinski definition) is 2. The summed E-state index contributed by atoms with van der Waals surface area (Å²) in [5.74, 6) is -1.12. The van der Waals surface area contributed by atoms with E-state index >= 15 is 0 Å². The normalized spacial score (nSPS) is 12.8. The van der Waals surface area contributed by atoms with Crippen molar-refractivity contribution in [3.05, 3.63) is 107 Å². The number of primary amides is 1. The fourth-order valence-corrected chi connectivity index (χ4v) is 4.44. The summed E-state index contributed by atoms with van der Waals surface area (Å²) in [6.07, 6.45) is 1.74. The molecule has 0 aliphatic heterocycles. The molecule has 1 aromatic heterocycles. The lowest BCUT2D eigenvalue weighted by molar-refractivity contribution is -0.121. The van der Waals surface area contributed by atoms with Crippen LogP contribution in [0.15, 0.2) is 79.0 Å². The average molecular weight is 479 g/mol. The molecule has 0 bridgehead atoms. The number of nitrogens with one attached hydrogen (secondary N) is 3. The summed E-state index contributed by atoms with van der Waals surface area (Å²) in [6.45, 7) is 0.255. The molecule has 2 atom stereocenters. The molecule has 0 aliphatic carbocycles. The molecule has 4 rings (SSSR count). The van der Waals surface area contributed by atoms with Crippen LogP contribution in [0.1, 0.15) is 35.1 Å². The molecule has 3 aromatic carbocycles. The van der Waals surface area contributed by atoms with E-state index in [9.17, 15) is 14.0 Å². The Morgan fingerprint density at radius 2 is 1.62 bits per heavy atom. The lowest BCUT2D eigenvalue weighted by atomic mass is 9.90. The number of H-pyrrole nitrogens is 1. The average Bonchev–Trinajstić information content (AvgIpc) is 3.24. The third-order valence-electron chi connectivity index (χ3n) is 5.77. The Bertz CT molecular complexity index is 1320. The predicted molar refractivity (Wildman–Crippen MR) is 131 cm³/mol. The summed E-state index contributed by atoms with van der Waals surface area (Å²) in [4.78, 5) is 27.7. The van der Waals surface area contributed by atoms with Crippen molar-refractivity contribution < 1.29 is 14.0 Å². The summed E-state index contributed by atoms with van der Waals surface area (Å²) < 4.78 is 14.3.